The molecule has 0 atom stereocenters. The summed E-state index contributed by atoms with van der Waals surface area (Å²) in [6.07, 6.45) is 2.21. The quantitative estimate of drug-likeness (QED) is 0.674. The molecule has 1 heterocycles. The summed E-state index contributed by atoms with van der Waals surface area (Å²) in [4.78, 5) is 20.0. The minimum Gasteiger partial charge on any atom is -0.303 e. The van der Waals surface area contributed by atoms with E-state index in [1.54, 1.807) is 24.3 Å². The number of likely N-dealkylation sites (tertiary alicyclic amines) is 1. The minimum absolute atomic E-state index is 0.0275. The van der Waals surface area contributed by atoms with Crippen LogP contribution in [0.3, 0.4) is 0 Å². The van der Waals surface area contributed by atoms with Gasteiger partial charge < -0.3 is 4.90 Å². The van der Waals surface area contributed by atoms with E-state index < -0.39 is 0 Å². The molecule has 1 amide bonds. The zero-order valence-electron chi connectivity index (χ0n) is 16.1. The number of hydrogen-bond acceptors (Lipinski definition) is 3. The maximum absolute atomic E-state index is 13.8. The molecule has 0 spiro atoms. The van der Waals surface area contributed by atoms with E-state index >= 15 is 0 Å². The van der Waals surface area contributed by atoms with Crippen molar-refractivity contribution in [3.8, 4) is 0 Å². The number of carbonyl (C=O) groups excluding carboxylic acids is 1. The molecule has 0 aromatic heterocycles. The molecule has 0 radical (unpaired) electrons. The molecule has 1 saturated heterocycles. The van der Waals surface area contributed by atoms with Gasteiger partial charge in [-0.2, -0.15) is 0 Å². The molecule has 6 heteroatoms. The number of hydrogen-bond donors (Lipinski definition) is 0. The van der Waals surface area contributed by atoms with Crippen LogP contribution in [-0.2, 0) is 22.7 Å². The zero-order chi connectivity index (χ0) is 19.9. The molecule has 0 saturated carbocycles. The normalized spacial score (nSPS) is 15.5. The molecule has 1 aliphatic heterocycles. The van der Waals surface area contributed by atoms with Crippen molar-refractivity contribution >= 4 is 5.91 Å². The Bertz CT molecular complexity index is 792. The van der Waals surface area contributed by atoms with Gasteiger partial charge in [0.15, 0.2) is 0 Å². The van der Waals surface area contributed by atoms with Crippen LogP contribution in [0.2, 0.25) is 0 Å². The van der Waals surface area contributed by atoms with Gasteiger partial charge in [-0.05, 0) is 37.0 Å². The second-order valence-corrected chi connectivity index (χ2v) is 7.12. The van der Waals surface area contributed by atoms with E-state index in [-0.39, 0.29) is 30.2 Å². The second kappa shape index (κ2) is 9.75. The van der Waals surface area contributed by atoms with E-state index in [4.69, 9.17) is 4.84 Å². The summed E-state index contributed by atoms with van der Waals surface area (Å²) in [5.41, 5.74) is 1.15. The largest absolute Gasteiger partial charge is 0.303 e. The molecule has 1 fully saturated rings. The Kier molecular flexibility index (Phi) is 7.12. The number of hydroxylamine groups is 2. The molecule has 0 unspecified atom stereocenters. The third-order valence-electron chi connectivity index (χ3n) is 5.17. The molecule has 28 heavy (non-hydrogen) atoms. The predicted molar refractivity (Wildman–Crippen MR) is 103 cm³/mol. The Labute approximate surface area is 164 Å². The summed E-state index contributed by atoms with van der Waals surface area (Å²) in [6, 6.07) is 13.2. The van der Waals surface area contributed by atoms with E-state index in [1.165, 1.54) is 24.1 Å². The molecule has 0 N–H and O–H groups in total. The number of carbonyl (C=O) groups is 1. The van der Waals surface area contributed by atoms with Gasteiger partial charge in [0.25, 0.3) is 0 Å². The molecule has 2 aromatic rings. The molecule has 0 bridgehead atoms. The van der Waals surface area contributed by atoms with Crippen LogP contribution in [0.5, 0.6) is 0 Å². The zero-order valence-corrected chi connectivity index (χ0v) is 16.1. The average molecular weight is 388 g/mol. The number of halogens is 2. The van der Waals surface area contributed by atoms with E-state index in [9.17, 15) is 13.6 Å². The Morgan fingerprint density at radius 2 is 1.61 bits per heavy atom. The van der Waals surface area contributed by atoms with Gasteiger partial charge in [-0.1, -0.05) is 36.4 Å². The first-order valence-electron chi connectivity index (χ1n) is 9.66. The standard InChI is InChI=1S/C22H26F2N2O2/c1-17(27)26(28-16-19-7-3-5-9-22(19)24)20-11-14-25(15-12-20)13-10-18-6-2-4-8-21(18)23/h2-9,20H,10-16H2,1H3. The van der Waals surface area contributed by atoms with E-state index in [2.05, 4.69) is 4.90 Å². The molecule has 150 valence electrons. The van der Waals surface area contributed by atoms with E-state index in [0.29, 0.717) is 12.0 Å². The van der Waals surface area contributed by atoms with Crippen LogP contribution in [-0.4, -0.2) is 41.5 Å². The number of piperidine rings is 1. The van der Waals surface area contributed by atoms with Gasteiger partial charge >= 0.3 is 0 Å². The van der Waals surface area contributed by atoms with Gasteiger partial charge in [0.2, 0.25) is 5.91 Å². The first kappa shape index (κ1) is 20.4. The lowest BCUT2D eigenvalue weighted by molar-refractivity contribution is -0.208. The predicted octanol–water partition coefficient (Wildman–Crippen LogP) is 3.95. The fourth-order valence-corrected chi connectivity index (χ4v) is 3.57. The van der Waals surface area contributed by atoms with Crippen molar-refractivity contribution in [2.75, 3.05) is 19.6 Å². The van der Waals surface area contributed by atoms with Gasteiger partial charge in [-0.25, -0.2) is 13.8 Å². The van der Waals surface area contributed by atoms with Crippen molar-refractivity contribution in [1.29, 1.82) is 0 Å². The van der Waals surface area contributed by atoms with Crippen molar-refractivity contribution in [3.63, 3.8) is 0 Å². The topological polar surface area (TPSA) is 32.8 Å². The lowest BCUT2D eigenvalue weighted by Gasteiger charge is -2.37. The minimum atomic E-state index is -0.339. The summed E-state index contributed by atoms with van der Waals surface area (Å²) in [7, 11) is 0. The Balaban J connectivity index is 1.49. The van der Waals surface area contributed by atoms with Gasteiger partial charge in [-0.3, -0.25) is 9.63 Å². The molecular weight excluding hydrogens is 362 g/mol. The average Bonchev–Trinajstić information content (AvgIpc) is 2.69. The highest BCUT2D eigenvalue weighted by atomic mass is 19.1. The van der Waals surface area contributed by atoms with E-state index in [1.807, 2.05) is 12.1 Å². The summed E-state index contributed by atoms with van der Waals surface area (Å²) in [5, 5.41) is 1.39. The summed E-state index contributed by atoms with van der Waals surface area (Å²) in [5.74, 6) is -0.684. The second-order valence-electron chi connectivity index (χ2n) is 7.12. The Morgan fingerprint density at radius 1 is 1.04 bits per heavy atom. The fourth-order valence-electron chi connectivity index (χ4n) is 3.57. The van der Waals surface area contributed by atoms with Crippen LogP contribution in [0, 0.1) is 11.6 Å². The van der Waals surface area contributed by atoms with Crippen LogP contribution >= 0.6 is 0 Å². The van der Waals surface area contributed by atoms with Crippen molar-refractivity contribution in [2.45, 2.75) is 38.8 Å². The van der Waals surface area contributed by atoms with Gasteiger partial charge in [0.1, 0.15) is 18.2 Å². The number of rotatable bonds is 7. The molecule has 0 aliphatic carbocycles. The Hall–Kier alpha value is -2.31. The smallest absolute Gasteiger partial charge is 0.243 e. The highest BCUT2D eigenvalue weighted by molar-refractivity contribution is 5.72. The molecule has 4 nitrogen and oxygen atoms in total. The van der Waals surface area contributed by atoms with Crippen molar-refractivity contribution in [3.05, 3.63) is 71.3 Å². The molecular formula is C22H26F2N2O2. The summed E-state index contributed by atoms with van der Waals surface area (Å²) < 4.78 is 27.5. The van der Waals surface area contributed by atoms with Crippen molar-refractivity contribution in [2.24, 2.45) is 0 Å². The van der Waals surface area contributed by atoms with Gasteiger partial charge in [0.05, 0.1) is 6.04 Å². The fraction of sp³-hybridized carbons (Fsp3) is 0.409. The van der Waals surface area contributed by atoms with Crippen molar-refractivity contribution in [1.82, 2.24) is 9.96 Å². The van der Waals surface area contributed by atoms with Crippen LogP contribution in [0.25, 0.3) is 0 Å². The SMILES string of the molecule is CC(=O)N(OCc1ccccc1F)C1CCN(CCc2ccccc2F)CC1. The monoisotopic (exact) mass is 388 g/mol. The van der Waals surface area contributed by atoms with Crippen LogP contribution < -0.4 is 0 Å². The lowest BCUT2D eigenvalue weighted by atomic mass is 10.0. The van der Waals surface area contributed by atoms with Crippen LogP contribution in [0.4, 0.5) is 8.78 Å². The third kappa shape index (κ3) is 5.36. The highest BCUT2D eigenvalue weighted by Gasteiger charge is 2.27. The third-order valence-corrected chi connectivity index (χ3v) is 5.17. The number of amides is 1. The lowest BCUT2D eigenvalue weighted by Crippen LogP contribution is -2.47. The summed E-state index contributed by atoms with van der Waals surface area (Å²) >= 11 is 0. The van der Waals surface area contributed by atoms with Crippen LogP contribution in [0.1, 0.15) is 30.9 Å². The maximum atomic E-state index is 13.8. The highest BCUT2D eigenvalue weighted by Crippen LogP contribution is 2.20. The van der Waals surface area contributed by atoms with Crippen LogP contribution in [0.15, 0.2) is 48.5 Å². The first-order valence-corrected chi connectivity index (χ1v) is 9.66. The summed E-state index contributed by atoms with van der Waals surface area (Å²) in [6.45, 7) is 3.90. The van der Waals surface area contributed by atoms with Gasteiger partial charge in [-0.15, -0.1) is 0 Å². The first-order chi connectivity index (χ1) is 13.5. The number of nitrogens with zero attached hydrogens (tertiary/aromatic N) is 2. The van der Waals surface area contributed by atoms with Gasteiger partial charge in [0, 0.05) is 32.1 Å². The van der Waals surface area contributed by atoms with Crippen molar-refractivity contribution < 1.29 is 18.4 Å². The number of benzene rings is 2. The molecule has 2 aromatic carbocycles. The van der Waals surface area contributed by atoms with E-state index in [0.717, 1.165) is 38.0 Å². The Morgan fingerprint density at radius 3 is 2.18 bits per heavy atom. The molecule has 1 aliphatic rings. The maximum Gasteiger partial charge on any atom is 0.243 e. The molecule has 3 rings (SSSR count).